The van der Waals surface area contributed by atoms with E-state index in [1.165, 1.54) is 0 Å². The molecule has 2 rings (SSSR count). The van der Waals surface area contributed by atoms with Crippen LogP contribution in [0.15, 0.2) is 24.3 Å². The number of hydrogen-bond donors (Lipinski definition) is 2. The van der Waals surface area contributed by atoms with Crippen LogP contribution in [0.25, 0.3) is 0 Å². The van der Waals surface area contributed by atoms with Crippen molar-refractivity contribution >= 4 is 18.3 Å². The fourth-order valence-electron chi connectivity index (χ4n) is 2.96. The Morgan fingerprint density at radius 2 is 2.05 bits per heavy atom. The highest BCUT2D eigenvalue weighted by molar-refractivity contribution is 5.85. The lowest BCUT2D eigenvalue weighted by Crippen LogP contribution is -2.52. The van der Waals surface area contributed by atoms with Crippen molar-refractivity contribution in [3.63, 3.8) is 0 Å². The van der Waals surface area contributed by atoms with Crippen molar-refractivity contribution in [2.24, 2.45) is 5.73 Å². The van der Waals surface area contributed by atoms with Gasteiger partial charge in [-0.2, -0.15) is 0 Å². The number of ether oxygens (including phenoxy) is 1. The fourth-order valence-corrected chi connectivity index (χ4v) is 2.96. The lowest BCUT2D eigenvalue weighted by molar-refractivity contribution is -0.122. The molecule has 0 saturated heterocycles. The summed E-state index contributed by atoms with van der Waals surface area (Å²) in [6.07, 6.45) is 4.78. The standard InChI is InChI=1S/C17H26N2O2.ClH/c1-13(2)21-15-7-5-6-14(10-15)11-16(20)19-17(12-18)8-3-4-9-17;/h5-7,10,13H,3-4,8-9,11-12,18H2,1-2H3,(H,19,20);1H. The largest absolute Gasteiger partial charge is 0.491 e. The molecule has 124 valence electrons. The highest BCUT2D eigenvalue weighted by Crippen LogP contribution is 2.28. The molecule has 1 saturated carbocycles. The zero-order valence-corrected chi connectivity index (χ0v) is 14.2. The van der Waals surface area contributed by atoms with Gasteiger partial charge in [0.2, 0.25) is 5.91 Å². The molecule has 5 heteroatoms. The average molecular weight is 327 g/mol. The van der Waals surface area contributed by atoms with Crippen LogP contribution >= 0.6 is 12.4 Å². The molecule has 0 spiro atoms. The van der Waals surface area contributed by atoms with Crippen LogP contribution in [-0.2, 0) is 11.2 Å². The molecule has 4 nitrogen and oxygen atoms in total. The van der Waals surface area contributed by atoms with Gasteiger partial charge in [0.1, 0.15) is 5.75 Å². The van der Waals surface area contributed by atoms with E-state index in [1.807, 2.05) is 38.1 Å². The lowest BCUT2D eigenvalue weighted by Gasteiger charge is -2.28. The first-order valence-corrected chi connectivity index (χ1v) is 7.80. The van der Waals surface area contributed by atoms with Gasteiger partial charge in [0.25, 0.3) is 0 Å². The number of carbonyl (C=O) groups excluding carboxylic acids is 1. The van der Waals surface area contributed by atoms with E-state index in [0.29, 0.717) is 13.0 Å². The number of rotatable bonds is 6. The Bertz CT molecular complexity index is 485. The van der Waals surface area contributed by atoms with Crippen LogP contribution in [0.5, 0.6) is 5.75 Å². The second-order valence-corrected chi connectivity index (χ2v) is 6.23. The quantitative estimate of drug-likeness (QED) is 0.845. The lowest BCUT2D eigenvalue weighted by atomic mass is 9.97. The molecular formula is C17H27ClN2O2. The molecule has 0 unspecified atom stereocenters. The molecule has 1 amide bonds. The monoisotopic (exact) mass is 326 g/mol. The molecule has 1 aromatic carbocycles. The second-order valence-electron chi connectivity index (χ2n) is 6.23. The van der Waals surface area contributed by atoms with Crippen LogP contribution in [-0.4, -0.2) is 24.1 Å². The predicted molar refractivity (Wildman–Crippen MR) is 91.6 cm³/mol. The Morgan fingerprint density at radius 3 is 2.64 bits per heavy atom. The van der Waals surface area contributed by atoms with Crippen molar-refractivity contribution in [3.05, 3.63) is 29.8 Å². The molecule has 1 aliphatic carbocycles. The molecule has 0 bridgehead atoms. The summed E-state index contributed by atoms with van der Waals surface area (Å²) in [4.78, 5) is 12.3. The van der Waals surface area contributed by atoms with Crippen LogP contribution in [0, 0.1) is 0 Å². The summed E-state index contributed by atoms with van der Waals surface area (Å²) in [6.45, 7) is 4.50. The van der Waals surface area contributed by atoms with Crippen LogP contribution < -0.4 is 15.8 Å². The van der Waals surface area contributed by atoms with E-state index >= 15 is 0 Å². The molecule has 1 fully saturated rings. The minimum absolute atomic E-state index is 0. The number of halogens is 1. The number of nitrogens with one attached hydrogen (secondary N) is 1. The molecule has 0 aliphatic heterocycles. The van der Waals surface area contributed by atoms with E-state index < -0.39 is 0 Å². The summed E-state index contributed by atoms with van der Waals surface area (Å²) in [5.41, 5.74) is 6.65. The molecular weight excluding hydrogens is 300 g/mol. The van der Waals surface area contributed by atoms with Crippen molar-refractivity contribution in [1.82, 2.24) is 5.32 Å². The van der Waals surface area contributed by atoms with E-state index in [9.17, 15) is 4.79 Å². The highest BCUT2D eigenvalue weighted by Gasteiger charge is 2.33. The van der Waals surface area contributed by atoms with Crippen LogP contribution in [0.1, 0.15) is 45.1 Å². The third-order valence-corrected chi connectivity index (χ3v) is 3.99. The van der Waals surface area contributed by atoms with Crippen molar-refractivity contribution in [2.75, 3.05) is 6.54 Å². The Labute approximate surface area is 139 Å². The molecule has 1 aromatic rings. The molecule has 3 N–H and O–H groups in total. The zero-order valence-electron chi connectivity index (χ0n) is 13.4. The number of carbonyl (C=O) groups is 1. The van der Waals surface area contributed by atoms with Gasteiger partial charge in [0.15, 0.2) is 0 Å². The van der Waals surface area contributed by atoms with Gasteiger partial charge in [0, 0.05) is 6.54 Å². The van der Waals surface area contributed by atoms with Crippen molar-refractivity contribution in [2.45, 2.75) is 57.6 Å². The molecule has 0 aromatic heterocycles. The second kappa shape index (κ2) is 8.39. The molecule has 1 aliphatic rings. The molecule has 0 heterocycles. The third kappa shape index (κ3) is 5.18. The maximum Gasteiger partial charge on any atom is 0.224 e. The number of nitrogens with two attached hydrogens (primary N) is 1. The van der Waals surface area contributed by atoms with E-state index in [2.05, 4.69) is 5.32 Å². The molecule has 0 atom stereocenters. The summed E-state index contributed by atoms with van der Waals surface area (Å²) in [5.74, 6) is 0.855. The van der Waals surface area contributed by atoms with E-state index in [0.717, 1.165) is 37.0 Å². The highest BCUT2D eigenvalue weighted by atomic mass is 35.5. The average Bonchev–Trinajstić information content (AvgIpc) is 2.87. The zero-order chi connectivity index (χ0) is 15.3. The van der Waals surface area contributed by atoms with Crippen LogP contribution in [0.2, 0.25) is 0 Å². The smallest absolute Gasteiger partial charge is 0.224 e. The third-order valence-electron chi connectivity index (χ3n) is 3.99. The van der Waals surface area contributed by atoms with Gasteiger partial charge in [-0.1, -0.05) is 25.0 Å². The van der Waals surface area contributed by atoms with Gasteiger partial charge in [-0.15, -0.1) is 12.4 Å². The van der Waals surface area contributed by atoms with Crippen molar-refractivity contribution < 1.29 is 9.53 Å². The Balaban J connectivity index is 0.00000242. The van der Waals surface area contributed by atoms with E-state index in [-0.39, 0.29) is 30.0 Å². The first-order chi connectivity index (χ1) is 10.0. The van der Waals surface area contributed by atoms with Crippen LogP contribution in [0.4, 0.5) is 0 Å². The van der Waals surface area contributed by atoms with Gasteiger partial charge >= 0.3 is 0 Å². The van der Waals surface area contributed by atoms with Crippen molar-refractivity contribution in [3.8, 4) is 5.75 Å². The summed E-state index contributed by atoms with van der Waals surface area (Å²) in [5, 5.41) is 3.15. The van der Waals surface area contributed by atoms with Crippen LogP contribution in [0.3, 0.4) is 0 Å². The maximum absolute atomic E-state index is 12.3. The topological polar surface area (TPSA) is 64.3 Å². The van der Waals surface area contributed by atoms with E-state index in [4.69, 9.17) is 10.5 Å². The Hall–Kier alpha value is -1.26. The number of benzene rings is 1. The fraction of sp³-hybridized carbons (Fsp3) is 0.588. The van der Waals surface area contributed by atoms with Crippen molar-refractivity contribution in [1.29, 1.82) is 0 Å². The Kier molecular flexibility index (Phi) is 7.17. The summed E-state index contributed by atoms with van der Waals surface area (Å²) < 4.78 is 5.66. The van der Waals surface area contributed by atoms with E-state index in [1.54, 1.807) is 0 Å². The SMILES string of the molecule is CC(C)Oc1cccc(CC(=O)NC2(CN)CCCC2)c1.Cl. The number of hydrogen-bond acceptors (Lipinski definition) is 3. The maximum atomic E-state index is 12.3. The van der Waals surface area contributed by atoms with Gasteiger partial charge in [-0.25, -0.2) is 0 Å². The first kappa shape index (κ1) is 18.8. The van der Waals surface area contributed by atoms with Gasteiger partial charge in [-0.05, 0) is 44.4 Å². The van der Waals surface area contributed by atoms with Gasteiger partial charge in [0.05, 0.1) is 18.1 Å². The molecule has 22 heavy (non-hydrogen) atoms. The summed E-state index contributed by atoms with van der Waals surface area (Å²) >= 11 is 0. The Morgan fingerprint density at radius 1 is 1.36 bits per heavy atom. The predicted octanol–water partition coefficient (Wildman–Crippen LogP) is 2.83. The van der Waals surface area contributed by atoms with Gasteiger partial charge in [-0.3, -0.25) is 4.79 Å². The normalized spacial score (nSPS) is 16.2. The number of amides is 1. The minimum atomic E-state index is -0.177. The minimum Gasteiger partial charge on any atom is -0.491 e. The summed E-state index contributed by atoms with van der Waals surface area (Å²) in [7, 11) is 0. The summed E-state index contributed by atoms with van der Waals surface area (Å²) in [6, 6.07) is 7.73. The first-order valence-electron chi connectivity index (χ1n) is 7.80. The van der Waals surface area contributed by atoms with Gasteiger partial charge < -0.3 is 15.8 Å². The molecule has 0 radical (unpaired) electrons.